The van der Waals surface area contributed by atoms with Crippen LogP contribution in [0.4, 0.5) is 5.82 Å². The van der Waals surface area contributed by atoms with E-state index in [4.69, 9.17) is 21.9 Å². The molecule has 0 saturated carbocycles. The van der Waals surface area contributed by atoms with Gasteiger partial charge in [0.1, 0.15) is 0 Å². The standard InChI is InChI=1S/C16H11ClN6O/c17-11-7-4-8-12(9-11)23-14(18)13(20-22-23)16-19-15(21-24-16)10-5-2-1-3-6-10/h1-9H,18H2. The van der Waals surface area contributed by atoms with Gasteiger partial charge in [0.05, 0.1) is 5.69 Å². The second-order valence-corrected chi connectivity index (χ2v) is 5.44. The zero-order chi connectivity index (χ0) is 16.5. The predicted octanol–water partition coefficient (Wildman–Crippen LogP) is 3.22. The Morgan fingerprint density at radius 3 is 2.67 bits per heavy atom. The van der Waals surface area contributed by atoms with Gasteiger partial charge in [-0.25, -0.2) is 0 Å². The van der Waals surface area contributed by atoms with Crippen LogP contribution >= 0.6 is 11.6 Å². The van der Waals surface area contributed by atoms with Crippen LogP contribution in [0.5, 0.6) is 0 Å². The van der Waals surface area contributed by atoms with E-state index in [1.807, 2.05) is 36.4 Å². The van der Waals surface area contributed by atoms with Crippen molar-refractivity contribution in [3.05, 3.63) is 59.6 Å². The van der Waals surface area contributed by atoms with Crippen LogP contribution in [0.1, 0.15) is 0 Å². The van der Waals surface area contributed by atoms with Gasteiger partial charge in [-0.2, -0.15) is 9.67 Å². The molecule has 8 heteroatoms. The van der Waals surface area contributed by atoms with Crippen LogP contribution < -0.4 is 5.73 Å². The van der Waals surface area contributed by atoms with E-state index in [9.17, 15) is 0 Å². The number of nitrogen functional groups attached to an aromatic ring is 1. The Labute approximate surface area is 141 Å². The molecular weight excluding hydrogens is 328 g/mol. The van der Waals surface area contributed by atoms with E-state index in [0.29, 0.717) is 28.0 Å². The lowest BCUT2D eigenvalue weighted by Gasteiger charge is -2.02. The van der Waals surface area contributed by atoms with Crippen LogP contribution in [0.2, 0.25) is 5.02 Å². The summed E-state index contributed by atoms with van der Waals surface area (Å²) in [7, 11) is 0. The zero-order valence-corrected chi connectivity index (χ0v) is 13.1. The van der Waals surface area contributed by atoms with Crippen LogP contribution in [-0.4, -0.2) is 25.1 Å². The lowest BCUT2D eigenvalue weighted by molar-refractivity contribution is 0.431. The highest BCUT2D eigenvalue weighted by Gasteiger charge is 2.19. The first-order valence-electron chi connectivity index (χ1n) is 7.09. The Morgan fingerprint density at radius 2 is 1.88 bits per heavy atom. The zero-order valence-electron chi connectivity index (χ0n) is 12.3. The van der Waals surface area contributed by atoms with Crippen molar-refractivity contribution in [1.29, 1.82) is 0 Å². The van der Waals surface area contributed by atoms with Gasteiger partial charge in [-0.15, -0.1) is 5.10 Å². The smallest absolute Gasteiger partial charge is 0.282 e. The summed E-state index contributed by atoms with van der Waals surface area (Å²) in [6, 6.07) is 16.6. The van der Waals surface area contributed by atoms with Crippen LogP contribution in [0.25, 0.3) is 28.7 Å². The Morgan fingerprint density at radius 1 is 1.04 bits per heavy atom. The average molecular weight is 339 g/mol. The third-order valence-electron chi connectivity index (χ3n) is 3.42. The van der Waals surface area contributed by atoms with Gasteiger partial charge in [-0.05, 0) is 18.2 Å². The van der Waals surface area contributed by atoms with Crippen LogP contribution in [0, 0.1) is 0 Å². The summed E-state index contributed by atoms with van der Waals surface area (Å²) in [5.41, 5.74) is 7.99. The third kappa shape index (κ3) is 2.50. The highest BCUT2D eigenvalue weighted by Crippen LogP contribution is 2.26. The van der Waals surface area contributed by atoms with Crippen molar-refractivity contribution in [3.63, 3.8) is 0 Å². The first-order chi connectivity index (χ1) is 11.7. The van der Waals surface area contributed by atoms with Gasteiger partial charge in [-0.3, -0.25) is 0 Å². The molecule has 0 aliphatic rings. The second kappa shape index (κ2) is 5.78. The minimum Gasteiger partial charge on any atom is -0.382 e. The van der Waals surface area contributed by atoms with Gasteiger partial charge >= 0.3 is 0 Å². The molecule has 0 radical (unpaired) electrons. The summed E-state index contributed by atoms with van der Waals surface area (Å²) >= 11 is 6.00. The quantitative estimate of drug-likeness (QED) is 0.616. The molecule has 0 amide bonds. The van der Waals surface area contributed by atoms with Gasteiger partial charge in [0.2, 0.25) is 5.82 Å². The van der Waals surface area contributed by atoms with Crippen molar-refractivity contribution >= 4 is 17.4 Å². The van der Waals surface area contributed by atoms with E-state index in [1.165, 1.54) is 4.68 Å². The summed E-state index contributed by atoms with van der Waals surface area (Å²) in [6.07, 6.45) is 0. The van der Waals surface area contributed by atoms with Crippen molar-refractivity contribution in [3.8, 4) is 28.7 Å². The minimum atomic E-state index is 0.208. The molecule has 4 rings (SSSR count). The van der Waals surface area contributed by atoms with E-state index < -0.39 is 0 Å². The van der Waals surface area contributed by atoms with Gasteiger partial charge in [-0.1, -0.05) is 58.4 Å². The summed E-state index contributed by atoms with van der Waals surface area (Å²) in [5, 5.41) is 12.6. The summed E-state index contributed by atoms with van der Waals surface area (Å²) in [6.45, 7) is 0. The van der Waals surface area contributed by atoms with E-state index in [0.717, 1.165) is 5.56 Å². The van der Waals surface area contributed by atoms with Gasteiger partial charge < -0.3 is 10.3 Å². The number of anilines is 1. The van der Waals surface area contributed by atoms with E-state index in [-0.39, 0.29) is 5.89 Å². The van der Waals surface area contributed by atoms with E-state index in [2.05, 4.69) is 20.5 Å². The molecule has 0 bridgehead atoms. The molecule has 4 aromatic rings. The molecule has 2 N–H and O–H groups in total. The second-order valence-electron chi connectivity index (χ2n) is 5.00. The number of hydrogen-bond donors (Lipinski definition) is 1. The molecule has 0 saturated heterocycles. The molecule has 2 aromatic heterocycles. The number of hydrogen-bond acceptors (Lipinski definition) is 6. The number of nitrogens with two attached hydrogens (primary N) is 1. The maximum Gasteiger partial charge on any atom is 0.282 e. The molecule has 0 atom stereocenters. The summed E-state index contributed by atoms with van der Waals surface area (Å²) < 4.78 is 6.74. The van der Waals surface area contributed by atoms with Gasteiger partial charge in [0.25, 0.3) is 5.89 Å². The lowest BCUT2D eigenvalue weighted by atomic mass is 10.2. The van der Waals surface area contributed by atoms with Crippen molar-refractivity contribution in [2.45, 2.75) is 0 Å². The molecule has 7 nitrogen and oxygen atoms in total. The molecule has 2 aromatic carbocycles. The van der Waals surface area contributed by atoms with Crippen LogP contribution in [0.3, 0.4) is 0 Å². The van der Waals surface area contributed by atoms with Gasteiger partial charge in [0, 0.05) is 10.6 Å². The molecular formula is C16H11ClN6O. The highest BCUT2D eigenvalue weighted by molar-refractivity contribution is 6.30. The fourth-order valence-electron chi connectivity index (χ4n) is 2.26. The number of aromatic nitrogens is 5. The Hall–Kier alpha value is -3.19. The van der Waals surface area contributed by atoms with Crippen molar-refractivity contribution in [2.75, 3.05) is 5.73 Å². The predicted molar refractivity (Wildman–Crippen MR) is 89.5 cm³/mol. The summed E-state index contributed by atoms with van der Waals surface area (Å²) in [4.78, 5) is 4.34. The lowest BCUT2D eigenvalue weighted by Crippen LogP contribution is -2.02. The molecule has 0 spiro atoms. The highest BCUT2D eigenvalue weighted by atomic mass is 35.5. The average Bonchev–Trinajstić information content (AvgIpc) is 3.22. The monoisotopic (exact) mass is 338 g/mol. The first kappa shape index (κ1) is 14.4. The molecule has 0 unspecified atom stereocenters. The van der Waals surface area contributed by atoms with Crippen molar-refractivity contribution < 1.29 is 4.52 Å². The third-order valence-corrected chi connectivity index (χ3v) is 3.65. The fourth-order valence-corrected chi connectivity index (χ4v) is 2.45. The largest absolute Gasteiger partial charge is 0.382 e. The molecule has 0 aliphatic carbocycles. The molecule has 24 heavy (non-hydrogen) atoms. The Kier molecular flexibility index (Phi) is 3.47. The fraction of sp³-hybridized carbons (Fsp3) is 0. The van der Waals surface area contributed by atoms with Crippen LogP contribution in [-0.2, 0) is 0 Å². The molecule has 118 valence electrons. The maximum absolute atomic E-state index is 6.13. The molecule has 2 heterocycles. The number of benzene rings is 2. The van der Waals surface area contributed by atoms with Crippen molar-refractivity contribution in [2.24, 2.45) is 0 Å². The maximum atomic E-state index is 6.13. The normalized spacial score (nSPS) is 10.9. The number of rotatable bonds is 3. The number of halogens is 1. The SMILES string of the molecule is Nc1c(-c2nc(-c3ccccc3)no2)nnn1-c1cccc(Cl)c1. The molecule has 0 aliphatic heterocycles. The Balaban J connectivity index is 1.73. The van der Waals surface area contributed by atoms with Gasteiger partial charge in [0.15, 0.2) is 11.5 Å². The number of nitrogens with zero attached hydrogens (tertiary/aromatic N) is 5. The Bertz CT molecular complexity index is 995. The minimum absolute atomic E-state index is 0.208. The van der Waals surface area contributed by atoms with E-state index >= 15 is 0 Å². The topological polar surface area (TPSA) is 95.7 Å². The summed E-state index contributed by atoms with van der Waals surface area (Å²) in [5.74, 6) is 0.961. The van der Waals surface area contributed by atoms with Crippen molar-refractivity contribution in [1.82, 2.24) is 25.1 Å². The molecule has 0 fully saturated rings. The van der Waals surface area contributed by atoms with E-state index in [1.54, 1.807) is 18.2 Å². The van der Waals surface area contributed by atoms with Crippen LogP contribution in [0.15, 0.2) is 59.1 Å². The first-order valence-corrected chi connectivity index (χ1v) is 7.47.